The average Bonchev–Trinajstić information content (AvgIpc) is 3.39. The Kier molecular flexibility index (Phi) is 13.4. The van der Waals surface area contributed by atoms with Gasteiger partial charge in [0, 0.05) is 43.1 Å². The molecule has 0 radical (unpaired) electrons. The topological polar surface area (TPSA) is 124 Å². The normalized spacial score (nSPS) is 20.6. The fourth-order valence-electron chi connectivity index (χ4n) is 5.21. The Hall–Kier alpha value is -4.36. The lowest BCUT2D eigenvalue weighted by atomic mass is 9.79. The quantitative estimate of drug-likeness (QED) is 0.344. The van der Waals surface area contributed by atoms with E-state index in [-0.39, 0.29) is 30.4 Å². The van der Waals surface area contributed by atoms with Crippen molar-refractivity contribution in [2.75, 3.05) is 7.11 Å². The standard InChI is InChI=1S/C30H31N3O3.C2H4O.CH3NO/c1-35-26-13-6-14-27-28(26)29(30(34)32-20-25-12-7-17-31-19-25)33(36-27)21-24-11-5-10-23(18-24)16-15-22-8-3-2-4-9-22;1-2-3;2-1-3/h2-5,7-12,17-19,26-29H,6,13-14,20-21H2,1H3,(H,32,34);2H,1H3;1H,(H2,2,3). The van der Waals surface area contributed by atoms with Crippen molar-refractivity contribution in [2.45, 2.75) is 57.5 Å². The Labute approximate surface area is 247 Å². The number of pyridine rings is 1. The van der Waals surface area contributed by atoms with Crippen LogP contribution in [0, 0.1) is 17.8 Å². The molecule has 2 aromatic carbocycles. The second-order valence-corrected chi connectivity index (χ2v) is 9.71. The zero-order valence-electron chi connectivity index (χ0n) is 24.0. The number of primary amides is 1. The van der Waals surface area contributed by atoms with Gasteiger partial charge in [0.25, 0.3) is 0 Å². The van der Waals surface area contributed by atoms with Crippen molar-refractivity contribution in [3.05, 3.63) is 101 Å². The van der Waals surface area contributed by atoms with E-state index in [9.17, 15) is 4.79 Å². The van der Waals surface area contributed by atoms with Crippen LogP contribution in [0.4, 0.5) is 0 Å². The highest BCUT2D eigenvalue weighted by Gasteiger charge is 2.52. The molecule has 9 nitrogen and oxygen atoms in total. The van der Waals surface area contributed by atoms with E-state index in [4.69, 9.17) is 19.2 Å². The summed E-state index contributed by atoms with van der Waals surface area (Å²) in [5.74, 6) is 6.40. The molecule has 1 aliphatic heterocycles. The number of carbonyl (C=O) groups is 3. The van der Waals surface area contributed by atoms with Crippen molar-refractivity contribution in [1.29, 1.82) is 0 Å². The second kappa shape index (κ2) is 17.5. The first-order valence-corrected chi connectivity index (χ1v) is 13.9. The molecule has 3 N–H and O–H groups in total. The molecule has 2 amide bonds. The number of rotatable bonds is 6. The van der Waals surface area contributed by atoms with E-state index in [0.29, 0.717) is 13.1 Å². The van der Waals surface area contributed by atoms with Crippen LogP contribution in [0.1, 0.15) is 48.4 Å². The predicted octanol–water partition coefficient (Wildman–Crippen LogP) is 3.40. The average molecular weight is 571 g/mol. The Balaban J connectivity index is 0.000000745. The summed E-state index contributed by atoms with van der Waals surface area (Å²) in [5.41, 5.74) is 8.09. The van der Waals surface area contributed by atoms with Crippen LogP contribution in [0.15, 0.2) is 79.1 Å². The summed E-state index contributed by atoms with van der Waals surface area (Å²) in [4.78, 5) is 41.5. The van der Waals surface area contributed by atoms with Crippen molar-refractivity contribution in [1.82, 2.24) is 15.4 Å². The lowest BCUT2D eigenvalue weighted by Gasteiger charge is -2.33. The summed E-state index contributed by atoms with van der Waals surface area (Å²) < 4.78 is 5.82. The van der Waals surface area contributed by atoms with Crippen LogP contribution in [0.5, 0.6) is 0 Å². The van der Waals surface area contributed by atoms with Crippen LogP contribution < -0.4 is 11.1 Å². The lowest BCUT2D eigenvalue weighted by Crippen LogP contribution is -2.50. The van der Waals surface area contributed by atoms with E-state index in [1.165, 1.54) is 6.92 Å². The van der Waals surface area contributed by atoms with E-state index in [2.05, 4.69) is 40.0 Å². The molecular formula is C33H38N4O5. The van der Waals surface area contributed by atoms with Crippen molar-refractivity contribution < 1.29 is 24.0 Å². The zero-order chi connectivity index (χ0) is 30.2. The summed E-state index contributed by atoms with van der Waals surface area (Å²) >= 11 is 0. The largest absolute Gasteiger partial charge is 0.381 e. The number of aldehydes is 1. The predicted molar refractivity (Wildman–Crippen MR) is 159 cm³/mol. The fourth-order valence-corrected chi connectivity index (χ4v) is 5.21. The van der Waals surface area contributed by atoms with Crippen molar-refractivity contribution >= 4 is 18.6 Å². The number of fused-ring (bicyclic) bond motifs is 1. The highest BCUT2D eigenvalue weighted by molar-refractivity contribution is 5.82. The summed E-state index contributed by atoms with van der Waals surface area (Å²) in [7, 11) is 1.73. The van der Waals surface area contributed by atoms with E-state index < -0.39 is 6.04 Å². The molecule has 1 aliphatic carbocycles. The molecule has 2 fully saturated rings. The van der Waals surface area contributed by atoms with Crippen LogP contribution in [0.2, 0.25) is 0 Å². The van der Waals surface area contributed by atoms with Gasteiger partial charge in [0.2, 0.25) is 12.3 Å². The lowest BCUT2D eigenvalue weighted by molar-refractivity contribution is -0.178. The minimum Gasteiger partial charge on any atom is -0.381 e. The van der Waals surface area contributed by atoms with Crippen LogP contribution >= 0.6 is 0 Å². The van der Waals surface area contributed by atoms with Crippen molar-refractivity contribution in [2.24, 2.45) is 11.7 Å². The number of ether oxygens (including phenoxy) is 1. The van der Waals surface area contributed by atoms with Gasteiger partial charge in [-0.1, -0.05) is 48.2 Å². The minimum atomic E-state index is -0.434. The maximum absolute atomic E-state index is 13.5. The molecular weight excluding hydrogens is 532 g/mol. The molecule has 3 aromatic rings. The number of aromatic nitrogens is 1. The number of nitrogens with one attached hydrogen (secondary N) is 1. The van der Waals surface area contributed by atoms with Crippen LogP contribution in [0.25, 0.3) is 0 Å². The van der Waals surface area contributed by atoms with E-state index in [0.717, 1.165) is 47.8 Å². The summed E-state index contributed by atoms with van der Waals surface area (Å²) in [6.07, 6.45) is 7.35. The molecule has 9 heteroatoms. The number of hydroxylamine groups is 2. The molecule has 4 unspecified atom stereocenters. The van der Waals surface area contributed by atoms with Crippen LogP contribution in [-0.4, -0.2) is 54.0 Å². The molecule has 1 aromatic heterocycles. The summed E-state index contributed by atoms with van der Waals surface area (Å²) in [6, 6.07) is 21.5. The van der Waals surface area contributed by atoms with E-state index in [1.54, 1.807) is 19.5 Å². The molecule has 1 saturated carbocycles. The van der Waals surface area contributed by atoms with Gasteiger partial charge in [0.15, 0.2) is 0 Å². The van der Waals surface area contributed by atoms with Gasteiger partial charge < -0.3 is 20.6 Å². The Morgan fingerprint density at radius 2 is 1.76 bits per heavy atom. The third-order valence-electron chi connectivity index (χ3n) is 6.93. The second-order valence-electron chi connectivity index (χ2n) is 9.71. The van der Waals surface area contributed by atoms with Crippen LogP contribution in [-0.2, 0) is 37.0 Å². The molecule has 1 saturated heterocycles. The number of methoxy groups -OCH3 is 1. The van der Waals surface area contributed by atoms with Gasteiger partial charge in [-0.25, -0.2) is 0 Å². The van der Waals surface area contributed by atoms with E-state index >= 15 is 0 Å². The molecule has 2 aliphatic rings. The van der Waals surface area contributed by atoms with Gasteiger partial charge >= 0.3 is 0 Å². The minimum absolute atomic E-state index is 0.00837. The molecule has 0 bridgehead atoms. The van der Waals surface area contributed by atoms with Gasteiger partial charge in [-0.15, -0.1) is 0 Å². The maximum atomic E-state index is 13.5. The first-order chi connectivity index (χ1) is 20.5. The Bertz CT molecular complexity index is 1320. The number of carbonyl (C=O) groups excluding carboxylic acids is 3. The van der Waals surface area contributed by atoms with Gasteiger partial charge in [-0.2, -0.15) is 5.06 Å². The number of benzene rings is 2. The third kappa shape index (κ3) is 9.35. The van der Waals surface area contributed by atoms with Crippen LogP contribution in [0.3, 0.4) is 0 Å². The monoisotopic (exact) mass is 570 g/mol. The molecule has 2 heterocycles. The molecule has 220 valence electrons. The molecule has 42 heavy (non-hydrogen) atoms. The third-order valence-corrected chi connectivity index (χ3v) is 6.93. The van der Waals surface area contributed by atoms with E-state index in [1.807, 2.05) is 59.7 Å². The Morgan fingerprint density at radius 3 is 2.45 bits per heavy atom. The van der Waals surface area contributed by atoms with Gasteiger partial charge in [0.1, 0.15) is 12.3 Å². The number of hydrogen-bond donors (Lipinski definition) is 2. The maximum Gasteiger partial charge on any atom is 0.240 e. The SMILES string of the molecule is CC=O.COC1CCCC2ON(Cc3cccc(C#Cc4ccccc4)c3)C(C(=O)NCc3cccnc3)C12.NC=O. The number of amides is 2. The first-order valence-electron chi connectivity index (χ1n) is 13.9. The first kappa shape index (κ1) is 32.2. The van der Waals surface area contributed by atoms with Gasteiger partial charge in [-0.05, 0) is 67.6 Å². The fraction of sp³-hybridized carbons (Fsp3) is 0.333. The summed E-state index contributed by atoms with van der Waals surface area (Å²) in [5, 5.41) is 4.96. The molecule has 0 spiro atoms. The summed E-state index contributed by atoms with van der Waals surface area (Å²) in [6.45, 7) is 2.37. The number of nitrogens with zero attached hydrogens (tertiary/aromatic N) is 2. The smallest absolute Gasteiger partial charge is 0.240 e. The van der Waals surface area contributed by atoms with Crippen molar-refractivity contribution in [3.8, 4) is 11.8 Å². The number of hydrogen-bond acceptors (Lipinski definition) is 7. The number of nitrogens with two attached hydrogens (primary N) is 1. The molecule has 4 atom stereocenters. The van der Waals surface area contributed by atoms with Crippen molar-refractivity contribution in [3.63, 3.8) is 0 Å². The van der Waals surface area contributed by atoms with Gasteiger partial charge in [-0.3, -0.25) is 19.4 Å². The molecule has 5 rings (SSSR count). The Morgan fingerprint density at radius 1 is 1.07 bits per heavy atom. The highest BCUT2D eigenvalue weighted by Crippen LogP contribution is 2.40. The zero-order valence-corrected chi connectivity index (χ0v) is 24.0. The highest BCUT2D eigenvalue weighted by atomic mass is 16.7. The van der Waals surface area contributed by atoms with Gasteiger partial charge in [0.05, 0.1) is 18.8 Å².